The Kier molecular flexibility index (Phi) is 8.19. The molecule has 0 aliphatic heterocycles. The Morgan fingerprint density at radius 1 is 1.24 bits per heavy atom. The highest BCUT2D eigenvalue weighted by atomic mass is 79.9. The van der Waals surface area contributed by atoms with E-state index in [1.54, 1.807) is 7.05 Å². The van der Waals surface area contributed by atoms with Gasteiger partial charge in [0.05, 0.1) is 10.5 Å². The zero-order valence-corrected chi connectivity index (χ0v) is 14.2. The van der Waals surface area contributed by atoms with Crippen molar-refractivity contribution in [3.05, 3.63) is 28.2 Å². The summed E-state index contributed by atoms with van der Waals surface area (Å²) in [6, 6.07) is 2.95. The van der Waals surface area contributed by atoms with Crippen molar-refractivity contribution in [1.82, 2.24) is 10.0 Å². The fourth-order valence-corrected chi connectivity index (χ4v) is 3.15. The van der Waals surface area contributed by atoms with Crippen molar-refractivity contribution >= 4 is 38.4 Å². The molecule has 0 aliphatic rings. The van der Waals surface area contributed by atoms with E-state index in [0.717, 1.165) is 12.1 Å². The number of sulfonamides is 1. The lowest BCUT2D eigenvalue weighted by Gasteiger charge is -2.14. The SMILES string of the molecule is CNCCCNS(=O)(=O)c1ccc(Br)cc1C(F)(F)F.Cl. The Bertz CT molecular complexity index is 567. The fraction of sp³-hybridized carbons (Fsp3) is 0.455. The van der Waals surface area contributed by atoms with Crippen LogP contribution in [0.15, 0.2) is 27.6 Å². The molecule has 0 spiro atoms. The van der Waals surface area contributed by atoms with E-state index in [0.29, 0.717) is 13.0 Å². The lowest BCUT2D eigenvalue weighted by molar-refractivity contribution is -0.139. The number of nitrogens with one attached hydrogen (secondary N) is 2. The molecule has 0 saturated carbocycles. The van der Waals surface area contributed by atoms with Gasteiger partial charge in [-0.1, -0.05) is 15.9 Å². The molecule has 1 aromatic rings. The summed E-state index contributed by atoms with van der Waals surface area (Å²) in [5.74, 6) is 0. The van der Waals surface area contributed by atoms with Crippen LogP contribution < -0.4 is 10.0 Å². The monoisotopic (exact) mass is 410 g/mol. The van der Waals surface area contributed by atoms with E-state index in [9.17, 15) is 21.6 Å². The molecule has 0 bridgehead atoms. The fourth-order valence-electron chi connectivity index (χ4n) is 1.51. The van der Waals surface area contributed by atoms with Gasteiger partial charge < -0.3 is 5.32 Å². The second-order valence-electron chi connectivity index (χ2n) is 3.99. The van der Waals surface area contributed by atoms with Crippen LogP contribution in [-0.2, 0) is 16.2 Å². The van der Waals surface area contributed by atoms with Crippen LogP contribution in [0.3, 0.4) is 0 Å². The summed E-state index contributed by atoms with van der Waals surface area (Å²) in [5.41, 5.74) is -1.19. The molecule has 0 aromatic heterocycles. The lowest BCUT2D eigenvalue weighted by Crippen LogP contribution is -2.28. The Labute approximate surface area is 136 Å². The predicted molar refractivity (Wildman–Crippen MR) is 80.1 cm³/mol. The van der Waals surface area contributed by atoms with Gasteiger partial charge in [0.15, 0.2) is 0 Å². The second kappa shape index (κ2) is 8.33. The number of halogens is 5. The lowest BCUT2D eigenvalue weighted by atomic mass is 10.2. The van der Waals surface area contributed by atoms with E-state index >= 15 is 0 Å². The molecule has 0 atom stereocenters. The molecule has 10 heteroatoms. The maximum atomic E-state index is 12.9. The minimum atomic E-state index is -4.74. The smallest absolute Gasteiger partial charge is 0.320 e. The first-order chi connectivity index (χ1) is 9.18. The first-order valence-corrected chi connectivity index (χ1v) is 7.97. The largest absolute Gasteiger partial charge is 0.417 e. The van der Waals surface area contributed by atoms with E-state index in [1.165, 1.54) is 6.07 Å². The van der Waals surface area contributed by atoms with Crippen molar-refractivity contribution in [2.75, 3.05) is 20.1 Å². The third-order valence-electron chi connectivity index (χ3n) is 2.43. The van der Waals surface area contributed by atoms with Crippen LogP contribution in [0.4, 0.5) is 13.2 Å². The minimum absolute atomic E-state index is 0. The van der Waals surface area contributed by atoms with Gasteiger partial charge in [0, 0.05) is 11.0 Å². The van der Waals surface area contributed by atoms with E-state index in [-0.39, 0.29) is 23.4 Å². The van der Waals surface area contributed by atoms with Crippen LogP contribution in [-0.4, -0.2) is 28.6 Å². The standard InChI is InChI=1S/C11H14BrF3N2O2S.ClH/c1-16-5-2-6-17-20(18,19)10-4-3-8(12)7-9(10)11(13,14)15;/h3-4,7,16-17H,2,5-6H2,1H3;1H. The van der Waals surface area contributed by atoms with Gasteiger partial charge in [0.2, 0.25) is 10.0 Å². The van der Waals surface area contributed by atoms with Gasteiger partial charge in [-0.15, -0.1) is 12.4 Å². The highest BCUT2D eigenvalue weighted by molar-refractivity contribution is 9.10. The molecule has 0 saturated heterocycles. The molecule has 2 N–H and O–H groups in total. The van der Waals surface area contributed by atoms with Crippen molar-refractivity contribution in [3.8, 4) is 0 Å². The van der Waals surface area contributed by atoms with Gasteiger partial charge in [0.1, 0.15) is 0 Å². The zero-order valence-electron chi connectivity index (χ0n) is 11.0. The molecule has 0 amide bonds. The van der Waals surface area contributed by atoms with E-state index in [4.69, 9.17) is 0 Å². The summed E-state index contributed by atoms with van der Waals surface area (Å²) in [6.45, 7) is 0.630. The molecule has 0 heterocycles. The van der Waals surface area contributed by atoms with Crippen LogP contribution in [0.2, 0.25) is 0 Å². The minimum Gasteiger partial charge on any atom is -0.320 e. The Morgan fingerprint density at radius 2 is 1.86 bits per heavy atom. The number of benzene rings is 1. The average Bonchev–Trinajstić information content (AvgIpc) is 2.33. The van der Waals surface area contributed by atoms with Crippen LogP contribution in [0.1, 0.15) is 12.0 Å². The summed E-state index contributed by atoms with van der Waals surface area (Å²) in [4.78, 5) is -0.766. The first kappa shape index (κ1) is 20.6. The van der Waals surface area contributed by atoms with Crippen LogP contribution in [0.5, 0.6) is 0 Å². The zero-order chi connectivity index (χ0) is 15.4. The van der Waals surface area contributed by atoms with Crippen LogP contribution in [0.25, 0.3) is 0 Å². The predicted octanol–water partition coefficient (Wildman–Crippen LogP) is 2.78. The van der Waals surface area contributed by atoms with Crippen LogP contribution in [0, 0.1) is 0 Å². The molecule has 0 fully saturated rings. The van der Waals surface area contributed by atoms with Crippen molar-refractivity contribution in [1.29, 1.82) is 0 Å². The summed E-state index contributed by atoms with van der Waals surface area (Å²) < 4.78 is 64.8. The molecule has 21 heavy (non-hydrogen) atoms. The van der Waals surface area contributed by atoms with Crippen LogP contribution >= 0.6 is 28.3 Å². The summed E-state index contributed by atoms with van der Waals surface area (Å²) in [7, 11) is -2.49. The van der Waals surface area contributed by atoms with E-state index < -0.39 is 26.7 Å². The Morgan fingerprint density at radius 3 is 2.38 bits per heavy atom. The van der Waals surface area contributed by atoms with E-state index in [2.05, 4.69) is 26.0 Å². The maximum Gasteiger partial charge on any atom is 0.417 e. The highest BCUT2D eigenvalue weighted by Gasteiger charge is 2.37. The molecule has 1 aromatic carbocycles. The highest BCUT2D eigenvalue weighted by Crippen LogP contribution is 2.35. The average molecular weight is 412 g/mol. The second-order valence-corrected chi connectivity index (χ2v) is 6.64. The molecule has 0 radical (unpaired) electrons. The quantitative estimate of drug-likeness (QED) is 0.708. The van der Waals surface area contributed by atoms with Gasteiger partial charge in [-0.25, -0.2) is 13.1 Å². The third kappa shape index (κ3) is 6.11. The Balaban J connectivity index is 0.00000400. The summed E-state index contributed by atoms with van der Waals surface area (Å²) in [5, 5.41) is 2.82. The van der Waals surface area contributed by atoms with Gasteiger partial charge in [0.25, 0.3) is 0 Å². The summed E-state index contributed by atoms with van der Waals surface area (Å²) >= 11 is 2.91. The Hall–Kier alpha value is -0.350. The number of alkyl halides is 3. The van der Waals surface area contributed by atoms with Crippen molar-refractivity contribution < 1.29 is 21.6 Å². The molecule has 1 rings (SSSR count). The molecule has 4 nitrogen and oxygen atoms in total. The number of rotatable bonds is 6. The van der Waals surface area contributed by atoms with Crippen molar-refractivity contribution in [3.63, 3.8) is 0 Å². The van der Waals surface area contributed by atoms with Gasteiger partial charge in [-0.3, -0.25) is 0 Å². The first-order valence-electron chi connectivity index (χ1n) is 5.69. The molecule has 0 unspecified atom stereocenters. The van der Waals surface area contributed by atoms with Crippen molar-refractivity contribution in [2.24, 2.45) is 0 Å². The van der Waals surface area contributed by atoms with Gasteiger partial charge in [-0.2, -0.15) is 13.2 Å². The molecule has 122 valence electrons. The summed E-state index contributed by atoms with van der Waals surface area (Å²) in [6.07, 6.45) is -4.26. The molecular weight excluding hydrogens is 397 g/mol. The normalized spacial score (nSPS) is 12.0. The third-order valence-corrected chi connectivity index (χ3v) is 4.44. The maximum absolute atomic E-state index is 12.9. The number of hydrogen-bond acceptors (Lipinski definition) is 3. The molecule has 0 aliphatic carbocycles. The molecular formula is C11H15BrClF3N2O2S. The van der Waals surface area contributed by atoms with Gasteiger partial charge in [-0.05, 0) is 38.2 Å². The van der Waals surface area contributed by atoms with E-state index in [1.807, 2.05) is 0 Å². The van der Waals surface area contributed by atoms with Crippen molar-refractivity contribution in [2.45, 2.75) is 17.5 Å². The van der Waals surface area contributed by atoms with Gasteiger partial charge >= 0.3 is 6.18 Å². The topological polar surface area (TPSA) is 58.2 Å². The number of hydrogen-bond donors (Lipinski definition) is 2.